The van der Waals surface area contributed by atoms with Gasteiger partial charge in [0.1, 0.15) is 5.82 Å². The molecule has 2 aromatic rings. The second-order valence-corrected chi connectivity index (χ2v) is 4.64. The summed E-state index contributed by atoms with van der Waals surface area (Å²) in [6, 6.07) is 12.1. The number of halogens is 1. The van der Waals surface area contributed by atoms with Crippen LogP contribution < -0.4 is 5.32 Å². The minimum Gasteiger partial charge on any atom is -0.322 e. The molecule has 0 radical (unpaired) electrons. The first-order valence-electron chi connectivity index (χ1n) is 6.37. The quantitative estimate of drug-likeness (QED) is 0.835. The molecule has 0 saturated carbocycles. The van der Waals surface area contributed by atoms with Crippen LogP contribution in [0.1, 0.15) is 16.7 Å². The van der Waals surface area contributed by atoms with Crippen LogP contribution in [-0.4, -0.2) is 5.91 Å². The molecule has 0 unspecified atom stereocenters. The lowest BCUT2D eigenvalue weighted by Gasteiger charge is -2.06. The largest absolute Gasteiger partial charge is 0.322 e. The number of benzene rings is 2. The zero-order valence-corrected chi connectivity index (χ0v) is 11.5. The number of rotatable bonds is 3. The number of aryl methyl sites for hydroxylation is 2. The van der Waals surface area contributed by atoms with Crippen molar-refractivity contribution in [1.82, 2.24) is 0 Å². The van der Waals surface area contributed by atoms with E-state index in [0.717, 1.165) is 16.7 Å². The van der Waals surface area contributed by atoms with Crippen molar-refractivity contribution in [2.75, 3.05) is 5.32 Å². The first-order valence-corrected chi connectivity index (χ1v) is 6.37. The maximum Gasteiger partial charge on any atom is 0.248 e. The number of amides is 1. The number of nitrogens with one attached hydrogen (secondary N) is 1. The lowest BCUT2D eigenvalue weighted by molar-refractivity contribution is -0.111. The smallest absolute Gasteiger partial charge is 0.248 e. The highest BCUT2D eigenvalue weighted by atomic mass is 19.1. The maximum atomic E-state index is 13.1. The van der Waals surface area contributed by atoms with Crippen molar-refractivity contribution in [2.24, 2.45) is 0 Å². The molecule has 0 fully saturated rings. The minimum atomic E-state index is -0.367. The molecule has 102 valence electrons. The SMILES string of the molecule is Cc1ccccc1/C=C/C(=O)Nc1cc(F)ccc1C. The molecule has 2 nitrogen and oxygen atoms in total. The van der Waals surface area contributed by atoms with Gasteiger partial charge in [-0.15, -0.1) is 0 Å². The fourth-order valence-corrected chi connectivity index (χ4v) is 1.84. The molecule has 0 aromatic heterocycles. The zero-order chi connectivity index (χ0) is 14.5. The Morgan fingerprint density at radius 2 is 1.85 bits per heavy atom. The van der Waals surface area contributed by atoms with Gasteiger partial charge in [-0.2, -0.15) is 0 Å². The van der Waals surface area contributed by atoms with Gasteiger partial charge in [-0.25, -0.2) is 4.39 Å². The molecule has 2 aromatic carbocycles. The Kier molecular flexibility index (Phi) is 4.31. The Balaban J connectivity index is 2.10. The summed E-state index contributed by atoms with van der Waals surface area (Å²) in [7, 11) is 0. The predicted molar refractivity (Wildman–Crippen MR) is 80.0 cm³/mol. The summed E-state index contributed by atoms with van der Waals surface area (Å²) >= 11 is 0. The normalized spacial score (nSPS) is 10.8. The summed E-state index contributed by atoms with van der Waals surface area (Å²) in [5.41, 5.74) is 3.39. The molecule has 0 heterocycles. The van der Waals surface area contributed by atoms with E-state index in [4.69, 9.17) is 0 Å². The van der Waals surface area contributed by atoms with E-state index in [1.54, 1.807) is 12.1 Å². The van der Waals surface area contributed by atoms with Gasteiger partial charge in [0.05, 0.1) is 0 Å². The van der Waals surface area contributed by atoms with Crippen LogP contribution >= 0.6 is 0 Å². The molecule has 2 rings (SSSR count). The average Bonchev–Trinajstić information content (AvgIpc) is 2.42. The van der Waals surface area contributed by atoms with E-state index < -0.39 is 0 Å². The van der Waals surface area contributed by atoms with Gasteiger partial charge in [0.15, 0.2) is 0 Å². The van der Waals surface area contributed by atoms with E-state index in [-0.39, 0.29) is 11.7 Å². The molecule has 1 N–H and O–H groups in total. The summed E-state index contributed by atoms with van der Waals surface area (Å²) in [4.78, 5) is 11.8. The molecule has 1 amide bonds. The molecule has 0 atom stereocenters. The van der Waals surface area contributed by atoms with E-state index in [1.807, 2.05) is 38.1 Å². The van der Waals surface area contributed by atoms with Gasteiger partial charge in [-0.1, -0.05) is 30.3 Å². The van der Waals surface area contributed by atoms with Crippen LogP contribution in [0, 0.1) is 19.7 Å². The fourth-order valence-electron chi connectivity index (χ4n) is 1.84. The van der Waals surface area contributed by atoms with E-state index >= 15 is 0 Å². The molecule has 0 saturated heterocycles. The lowest BCUT2D eigenvalue weighted by atomic mass is 10.1. The molecular weight excluding hydrogens is 253 g/mol. The first-order chi connectivity index (χ1) is 9.56. The van der Waals surface area contributed by atoms with Gasteiger partial charge in [0.25, 0.3) is 0 Å². The second kappa shape index (κ2) is 6.15. The Morgan fingerprint density at radius 3 is 2.60 bits per heavy atom. The second-order valence-electron chi connectivity index (χ2n) is 4.64. The van der Waals surface area contributed by atoms with Crippen molar-refractivity contribution < 1.29 is 9.18 Å². The highest BCUT2D eigenvalue weighted by Crippen LogP contribution is 2.16. The molecule has 0 aliphatic carbocycles. The number of carbonyl (C=O) groups excluding carboxylic acids is 1. The third-order valence-corrected chi connectivity index (χ3v) is 3.06. The van der Waals surface area contributed by atoms with E-state index in [2.05, 4.69) is 5.32 Å². The Labute approximate surface area is 118 Å². The third kappa shape index (κ3) is 3.54. The third-order valence-electron chi connectivity index (χ3n) is 3.06. The van der Waals surface area contributed by atoms with Gasteiger partial charge in [-0.05, 0) is 48.7 Å². The van der Waals surface area contributed by atoms with Crippen LogP contribution in [0.4, 0.5) is 10.1 Å². The van der Waals surface area contributed by atoms with Crippen LogP contribution in [0.5, 0.6) is 0 Å². The molecule has 20 heavy (non-hydrogen) atoms. The number of carbonyl (C=O) groups is 1. The van der Waals surface area contributed by atoms with Gasteiger partial charge in [0.2, 0.25) is 5.91 Å². The Bertz CT molecular complexity index is 662. The number of hydrogen-bond acceptors (Lipinski definition) is 1. The van der Waals surface area contributed by atoms with E-state index in [9.17, 15) is 9.18 Å². The average molecular weight is 269 g/mol. The van der Waals surface area contributed by atoms with Gasteiger partial charge < -0.3 is 5.32 Å². The van der Waals surface area contributed by atoms with Crippen molar-refractivity contribution >= 4 is 17.7 Å². The Hall–Kier alpha value is -2.42. The summed E-state index contributed by atoms with van der Waals surface area (Å²) < 4.78 is 13.1. The minimum absolute atomic E-state index is 0.276. The summed E-state index contributed by atoms with van der Waals surface area (Å²) in [6.45, 7) is 3.80. The van der Waals surface area contributed by atoms with Gasteiger partial charge in [-0.3, -0.25) is 4.79 Å². The molecule has 0 bridgehead atoms. The molecule has 0 spiro atoms. The van der Waals surface area contributed by atoms with Crippen LogP contribution in [0.25, 0.3) is 6.08 Å². The highest BCUT2D eigenvalue weighted by molar-refractivity contribution is 6.02. The van der Waals surface area contributed by atoms with Gasteiger partial charge >= 0.3 is 0 Å². The summed E-state index contributed by atoms with van der Waals surface area (Å²) in [6.07, 6.45) is 3.20. The topological polar surface area (TPSA) is 29.1 Å². The Morgan fingerprint density at radius 1 is 1.10 bits per heavy atom. The molecule has 0 aliphatic heterocycles. The van der Waals surface area contributed by atoms with Crippen molar-refractivity contribution in [3.8, 4) is 0 Å². The fraction of sp³-hybridized carbons (Fsp3) is 0.118. The van der Waals surface area contributed by atoms with E-state index in [0.29, 0.717) is 5.69 Å². The number of anilines is 1. The summed E-state index contributed by atoms with van der Waals surface area (Å²) in [5.74, 6) is -0.643. The van der Waals surface area contributed by atoms with Gasteiger partial charge in [0, 0.05) is 11.8 Å². The van der Waals surface area contributed by atoms with Crippen molar-refractivity contribution in [2.45, 2.75) is 13.8 Å². The van der Waals surface area contributed by atoms with Crippen LogP contribution in [-0.2, 0) is 4.79 Å². The standard InChI is InChI=1S/C17H16FNO/c1-12-5-3-4-6-14(12)8-10-17(20)19-16-11-15(18)9-7-13(16)2/h3-11H,1-2H3,(H,19,20)/b10-8+. The summed E-state index contributed by atoms with van der Waals surface area (Å²) in [5, 5.41) is 2.67. The predicted octanol–water partition coefficient (Wildman–Crippen LogP) is 4.09. The monoisotopic (exact) mass is 269 g/mol. The highest BCUT2D eigenvalue weighted by Gasteiger charge is 2.03. The molecule has 0 aliphatic rings. The van der Waals surface area contributed by atoms with Crippen molar-refractivity contribution in [1.29, 1.82) is 0 Å². The van der Waals surface area contributed by atoms with Crippen molar-refractivity contribution in [3.63, 3.8) is 0 Å². The van der Waals surface area contributed by atoms with Crippen LogP contribution in [0.15, 0.2) is 48.5 Å². The first kappa shape index (κ1) is 14.0. The number of hydrogen-bond donors (Lipinski definition) is 1. The van der Waals surface area contributed by atoms with Crippen molar-refractivity contribution in [3.05, 3.63) is 71.0 Å². The van der Waals surface area contributed by atoms with E-state index in [1.165, 1.54) is 18.2 Å². The lowest BCUT2D eigenvalue weighted by Crippen LogP contribution is -2.09. The van der Waals surface area contributed by atoms with Crippen LogP contribution in [0.2, 0.25) is 0 Å². The molecular formula is C17H16FNO. The van der Waals surface area contributed by atoms with Crippen LogP contribution in [0.3, 0.4) is 0 Å². The molecule has 3 heteroatoms. The zero-order valence-electron chi connectivity index (χ0n) is 11.5. The maximum absolute atomic E-state index is 13.1.